The minimum Gasteiger partial charge on any atom is -0.465 e. The highest BCUT2D eigenvalue weighted by Gasteiger charge is 2.40. The minimum absolute atomic E-state index is 0.0410. The molecule has 1 fully saturated rings. The fourth-order valence-electron chi connectivity index (χ4n) is 3.56. The summed E-state index contributed by atoms with van der Waals surface area (Å²) in [5.41, 5.74) is 0.218. The smallest absolute Gasteiger partial charge is 0.465 e. The van der Waals surface area contributed by atoms with Gasteiger partial charge < -0.3 is 20.6 Å². The van der Waals surface area contributed by atoms with Crippen molar-refractivity contribution < 1.29 is 32.7 Å². The number of carbonyl (C=O) groups is 3. The Bertz CT molecular complexity index is 1070. The van der Waals surface area contributed by atoms with Gasteiger partial charge in [-0.3, -0.25) is 14.9 Å². The van der Waals surface area contributed by atoms with Crippen molar-refractivity contribution in [2.24, 2.45) is 0 Å². The normalized spacial score (nSPS) is 16.6. The van der Waals surface area contributed by atoms with Crippen molar-refractivity contribution in [1.29, 1.82) is 0 Å². The zero-order valence-corrected chi connectivity index (χ0v) is 20.2. The number of aromatic nitrogens is 3. The first-order chi connectivity index (χ1) is 16.0. The number of halogens is 4. The van der Waals surface area contributed by atoms with E-state index in [2.05, 4.69) is 36.6 Å². The van der Waals surface area contributed by atoms with Crippen LogP contribution in [-0.2, 0) is 11.3 Å². The van der Waals surface area contributed by atoms with Crippen LogP contribution >= 0.6 is 27.3 Å². The SMILES string of the molecule is CCn1ncc(NC(=O)c2nc(Br)sc2NC(=O)O)c1N1CCCC(NC(=O)C(F)(F)F)CC1. The molecule has 0 saturated carbocycles. The number of hydrogen-bond donors (Lipinski definition) is 4. The lowest BCUT2D eigenvalue weighted by Gasteiger charge is -2.25. The largest absolute Gasteiger partial charge is 0.471 e. The van der Waals surface area contributed by atoms with Crippen LogP contribution in [0.15, 0.2) is 10.1 Å². The summed E-state index contributed by atoms with van der Waals surface area (Å²) < 4.78 is 39.7. The molecule has 4 N–H and O–H groups in total. The maximum Gasteiger partial charge on any atom is 0.471 e. The van der Waals surface area contributed by atoms with E-state index in [4.69, 9.17) is 5.11 Å². The molecule has 0 aliphatic carbocycles. The van der Waals surface area contributed by atoms with Crippen LogP contribution in [0.1, 0.15) is 36.7 Å². The van der Waals surface area contributed by atoms with Crippen molar-refractivity contribution in [3.05, 3.63) is 15.8 Å². The number of hydrogen-bond acceptors (Lipinski definition) is 7. The van der Waals surface area contributed by atoms with E-state index in [9.17, 15) is 27.6 Å². The van der Waals surface area contributed by atoms with E-state index in [1.54, 1.807) is 4.68 Å². The van der Waals surface area contributed by atoms with Crippen LogP contribution in [-0.4, -0.2) is 63.1 Å². The molecule has 3 heterocycles. The second-order valence-corrected chi connectivity index (χ2v) is 9.59. The maximum absolute atomic E-state index is 12.9. The second-order valence-electron chi connectivity index (χ2n) is 7.31. The molecule has 1 aliphatic heterocycles. The molecule has 34 heavy (non-hydrogen) atoms. The summed E-state index contributed by atoms with van der Waals surface area (Å²) >= 11 is 4.07. The molecular formula is C18H21BrF3N7O4S. The number of nitrogens with zero attached hydrogens (tertiary/aromatic N) is 4. The van der Waals surface area contributed by atoms with E-state index in [0.717, 1.165) is 11.3 Å². The van der Waals surface area contributed by atoms with Crippen molar-refractivity contribution in [2.75, 3.05) is 28.6 Å². The predicted octanol–water partition coefficient (Wildman–Crippen LogP) is 3.50. The first kappa shape index (κ1) is 25.7. The van der Waals surface area contributed by atoms with Crippen molar-refractivity contribution in [3.8, 4) is 0 Å². The Hall–Kier alpha value is -2.88. The summed E-state index contributed by atoms with van der Waals surface area (Å²) in [4.78, 5) is 41.1. The third-order valence-electron chi connectivity index (χ3n) is 5.02. The molecule has 3 amide bonds. The molecule has 16 heteroatoms. The summed E-state index contributed by atoms with van der Waals surface area (Å²) in [6, 6.07) is -0.632. The van der Waals surface area contributed by atoms with E-state index in [1.165, 1.54) is 6.20 Å². The van der Waals surface area contributed by atoms with Gasteiger partial charge in [-0.1, -0.05) is 11.3 Å². The zero-order valence-electron chi connectivity index (χ0n) is 17.8. The third kappa shape index (κ3) is 6.16. The van der Waals surface area contributed by atoms with Crippen molar-refractivity contribution >= 4 is 61.7 Å². The lowest BCUT2D eigenvalue weighted by atomic mass is 10.1. The molecule has 3 rings (SSSR count). The van der Waals surface area contributed by atoms with Gasteiger partial charge in [0.2, 0.25) is 0 Å². The first-order valence-electron chi connectivity index (χ1n) is 10.2. The standard InChI is InChI=1S/C18H21BrF3N7O4S/c1-2-29-14(28-6-3-4-9(5-7-28)24-15(31)18(20,21)22)10(8-23-29)25-12(30)11-13(27-17(32)33)34-16(19)26-11/h8-9,27H,2-7H2,1H3,(H,24,31)(H,25,30)(H,32,33). The molecular weight excluding hydrogens is 547 g/mol. The first-order valence-corrected chi connectivity index (χ1v) is 11.8. The van der Waals surface area contributed by atoms with Crippen LogP contribution in [0.2, 0.25) is 0 Å². The predicted molar refractivity (Wildman–Crippen MR) is 121 cm³/mol. The third-order valence-corrected chi connectivity index (χ3v) is 6.44. The van der Waals surface area contributed by atoms with E-state index < -0.39 is 30.1 Å². The number of carbonyl (C=O) groups excluding carboxylic acids is 2. The summed E-state index contributed by atoms with van der Waals surface area (Å²) in [6.07, 6.45) is -3.69. The molecule has 1 aliphatic rings. The van der Waals surface area contributed by atoms with Gasteiger partial charge >= 0.3 is 18.2 Å². The average molecular weight is 568 g/mol. The Morgan fingerprint density at radius 1 is 1.26 bits per heavy atom. The highest BCUT2D eigenvalue weighted by Crippen LogP contribution is 2.32. The number of alkyl halides is 3. The number of thiazole rings is 1. The van der Waals surface area contributed by atoms with E-state index in [-0.39, 0.29) is 17.1 Å². The molecule has 1 atom stereocenters. The van der Waals surface area contributed by atoms with Crippen LogP contribution in [0.3, 0.4) is 0 Å². The number of nitrogens with one attached hydrogen (secondary N) is 3. The van der Waals surface area contributed by atoms with Gasteiger partial charge in [-0.05, 0) is 42.1 Å². The lowest BCUT2D eigenvalue weighted by Crippen LogP contribution is -2.43. The molecule has 2 aromatic heterocycles. The molecule has 186 valence electrons. The Morgan fingerprint density at radius 2 is 2.00 bits per heavy atom. The van der Waals surface area contributed by atoms with E-state index in [1.807, 2.05) is 17.1 Å². The van der Waals surface area contributed by atoms with Gasteiger partial charge in [-0.2, -0.15) is 18.3 Å². The van der Waals surface area contributed by atoms with Crippen molar-refractivity contribution in [3.63, 3.8) is 0 Å². The van der Waals surface area contributed by atoms with Crippen molar-refractivity contribution in [1.82, 2.24) is 20.1 Å². The van der Waals surface area contributed by atoms with Crippen molar-refractivity contribution in [2.45, 2.75) is 44.9 Å². The number of anilines is 3. The fraction of sp³-hybridized carbons (Fsp3) is 0.500. The Balaban J connectivity index is 1.77. The lowest BCUT2D eigenvalue weighted by molar-refractivity contribution is -0.174. The van der Waals surface area contributed by atoms with Gasteiger partial charge in [0, 0.05) is 25.7 Å². The zero-order chi connectivity index (χ0) is 25.0. The van der Waals surface area contributed by atoms with Gasteiger partial charge in [0.1, 0.15) is 10.7 Å². The summed E-state index contributed by atoms with van der Waals surface area (Å²) in [5.74, 6) is -2.06. The Kier molecular flexibility index (Phi) is 8.01. The molecule has 0 radical (unpaired) electrons. The fourth-order valence-corrected chi connectivity index (χ4v) is 4.90. The quantitative estimate of drug-likeness (QED) is 0.418. The average Bonchev–Trinajstić information content (AvgIpc) is 3.22. The van der Waals surface area contributed by atoms with Gasteiger partial charge in [0.15, 0.2) is 15.4 Å². The minimum atomic E-state index is -4.94. The molecule has 11 nitrogen and oxygen atoms in total. The molecule has 0 spiro atoms. The summed E-state index contributed by atoms with van der Waals surface area (Å²) in [5, 5.41) is 20.2. The Labute approximate surface area is 203 Å². The number of amides is 3. The highest BCUT2D eigenvalue weighted by molar-refractivity contribution is 9.11. The number of carboxylic acid groups (broad SMARTS) is 1. The van der Waals surface area contributed by atoms with Crippen LogP contribution < -0.4 is 20.9 Å². The summed E-state index contributed by atoms with van der Waals surface area (Å²) in [6.45, 7) is 3.11. The second kappa shape index (κ2) is 10.6. The van der Waals surface area contributed by atoms with E-state index >= 15 is 0 Å². The number of aryl methyl sites for hydroxylation is 1. The summed E-state index contributed by atoms with van der Waals surface area (Å²) in [7, 11) is 0. The van der Waals surface area contributed by atoms with E-state index in [0.29, 0.717) is 47.9 Å². The van der Waals surface area contributed by atoms with Crippen LogP contribution in [0.4, 0.5) is 34.5 Å². The highest BCUT2D eigenvalue weighted by atomic mass is 79.9. The molecule has 1 saturated heterocycles. The molecule has 1 unspecified atom stereocenters. The maximum atomic E-state index is 12.9. The van der Waals surface area contributed by atoms with Crippen LogP contribution in [0.25, 0.3) is 0 Å². The number of rotatable bonds is 6. The van der Waals surface area contributed by atoms with Gasteiger partial charge in [0.25, 0.3) is 5.91 Å². The monoisotopic (exact) mass is 567 g/mol. The molecule has 0 bridgehead atoms. The van der Waals surface area contributed by atoms with Gasteiger partial charge in [0.05, 0.1) is 6.20 Å². The molecule has 0 aromatic carbocycles. The Morgan fingerprint density at radius 3 is 2.65 bits per heavy atom. The van der Waals surface area contributed by atoms with Gasteiger partial charge in [-0.25, -0.2) is 14.5 Å². The molecule has 2 aromatic rings. The topological polar surface area (TPSA) is 141 Å². The van der Waals surface area contributed by atoms with Gasteiger partial charge in [-0.15, -0.1) is 0 Å². The van der Waals surface area contributed by atoms with Crippen LogP contribution in [0.5, 0.6) is 0 Å². The van der Waals surface area contributed by atoms with Crippen LogP contribution in [0, 0.1) is 0 Å².